The quantitative estimate of drug-likeness (QED) is 0.900. The normalized spacial score (nSPS) is 14.3. The predicted molar refractivity (Wildman–Crippen MR) is 80.5 cm³/mol. The van der Waals surface area contributed by atoms with Gasteiger partial charge in [-0.05, 0) is 31.0 Å². The van der Waals surface area contributed by atoms with Crippen LogP contribution in [0.1, 0.15) is 12.8 Å². The molecule has 2 aromatic rings. The number of hydrogen-bond donors (Lipinski definition) is 2. The van der Waals surface area contributed by atoms with Crippen molar-refractivity contribution in [3.8, 4) is 0 Å². The van der Waals surface area contributed by atoms with E-state index in [1.54, 1.807) is 19.2 Å². The summed E-state index contributed by atoms with van der Waals surface area (Å²) in [5, 5.41) is 5.94. The first kappa shape index (κ1) is 13.5. The number of aromatic nitrogens is 3. The number of benzene rings is 1. The molecule has 0 bridgehead atoms. The third kappa shape index (κ3) is 3.18. The molecule has 0 atom stereocenters. The van der Waals surface area contributed by atoms with Gasteiger partial charge in [-0.15, -0.1) is 0 Å². The minimum absolute atomic E-state index is 0.303. The summed E-state index contributed by atoms with van der Waals surface area (Å²) >= 11 is 0. The Labute approximate surface area is 122 Å². The molecule has 0 amide bonds. The number of rotatable bonds is 4. The largest absolute Gasteiger partial charge is 0.357 e. The number of hydrogen-bond acceptors (Lipinski definition) is 6. The maximum absolute atomic E-state index is 13.2. The lowest BCUT2D eigenvalue weighted by Gasteiger charge is -2.16. The van der Waals surface area contributed by atoms with E-state index in [1.807, 2.05) is 0 Å². The highest BCUT2D eigenvalue weighted by molar-refractivity contribution is 5.55. The molecule has 110 valence electrons. The van der Waals surface area contributed by atoms with E-state index in [-0.39, 0.29) is 5.82 Å². The van der Waals surface area contributed by atoms with Gasteiger partial charge in [-0.2, -0.15) is 15.0 Å². The van der Waals surface area contributed by atoms with Crippen LogP contribution in [0.2, 0.25) is 0 Å². The fourth-order valence-corrected chi connectivity index (χ4v) is 2.29. The summed E-state index contributed by atoms with van der Waals surface area (Å²) in [6.07, 6.45) is 2.29. The van der Waals surface area contributed by atoms with E-state index < -0.39 is 0 Å². The Morgan fingerprint density at radius 2 is 1.86 bits per heavy atom. The Balaban J connectivity index is 1.88. The summed E-state index contributed by atoms with van der Waals surface area (Å²) in [5.41, 5.74) is 0.607. The van der Waals surface area contributed by atoms with Gasteiger partial charge in [0.2, 0.25) is 17.8 Å². The number of nitrogens with one attached hydrogen (secondary N) is 2. The topological polar surface area (TPSA) is 66.0 Å². The Bertz CT molecular complexity index is 627. The van der Waals surface area contributed by atoms with Crippen molar-refractivity contribution in [3.05, 3.63) is 30.1 Å². The zero-order valence-corrected chi connectivity index (χ0v) is 11.8. The molecule has 0 unspecified atom stereocenters. The van der Waals surface area contributed by atoms with Gasteiger partial charge >= 0.3 is 0 Å². The van der Waals surface area contributed by atoms with E-state index >= 15 is 0 Å². The third-order valence-corrected chi connectivity index (χ3v) is 3.32. The van der Waals surface area contributed by atoms with E-state index in [9.17, 15) is 4.39 Å². The highest BCUT2D eigenvalue weighted by Crippen LogP contribution is 2.20. The summed E-state index contributed by atoms with van der Waals surface area (Å²) in [5.74, 6) is 1.24. The molecular formula is C14H17FN6. The molecule has 2 N–H and O–H groups in total. The van der Waals surface area contributed by atoms with Crippen LogP contribution in [0.3, 0.4) is 0 Å². The van der Waals surface area contributed by atoms with Crippen molar-refractivity contribution in [2.45, 2.75) is 12.8 Å². The van der Waals surface area contributed by atoms with Crippen LogP contribution in [0.4, 0.5) is 27.9 Å². The average molecular weight is 288 g/mol. The van der Waals surface area contributed by atoms with Crippen molar-refractivity contribution >= 4 is 23.5 Å². The van der Waals surface area contributed by atoms with Crippen LogP contribution in [-0.2, 0) is 0 Å². The minimum Gasteiger partial charge on any atom is -0.357 e. The molecule has 0 saturated carbocycles. The Morgan fingerprint density at radius 1 is 1.10 bits per heavy atom. The fourth-order valence-electron chi connectivity index (χ4n) is 2.29. The van der Waals surface area contributed by atoms with Gasteiger partial charge in [0.1, 0.15) is 5.82 Å². The molecule has 1 aliphatic heterocycles. The van der Waals surface area contributed by atoms with Gasteiger partial charge in [0.25, 0.3) is 0 Å². The van der Waals surface area contributed by atoms with E-state index in [0.29, 0.717) is 23.5 Å². The standard InChI is InChI=1S/C14H17FN6/c1-16-12-18-13(17-11-6-4-5-10(15)9-11)20-14(19-12)21-7-2-3-8-21/h4-6,9H,2-3,7-8H2,1H3,(H2,16,17,18,19,20). The van der Waals surface area contributed by atoms with Crippen molar-refractivity contribution in [3.63, 3.8) is 0 Å². The summed E-state index contributed by atoms with van der Waals surface area (Å²) in [4.78, 5) is 15.2. The van der Waals surface area contributed by atoms with Crippen molar-refractivity contribution < 1.29 is 4.39 Å². The summed E-state index contributed by atoms with van der Waals surface area (Å²) in [6.45, 7) is 1.90. The number of nitrogens with zero attached hydrogens (tertiary/aromatic N) is 4. The summed E-state index contributed by atoms with van der Waals surface area (Å²) < 4.78 is 13.2. The monoisotopic (exact) mass is 288 g/mol. The maximum atomic E-state index is 13.2. The molecule has 0 radical (unpaired) electrons. The van der Waals surface area contributed by atoms with E-state index in [4.69, 9.17) is 0 Å². The smallest absolute Gasteiger partial charge is 0.233 e. The molecular weight excluding hydrogens is 271 g/mol. The van der Waals surface area contributed by atoms with Crippen molar-refractivity contribution in [2.75, 3.05) is 35.7 Å². The van der Waals surface area contributed by atoms with Gasteiger partial charge < -0.3 is 15.5 Å². The molecule has 1 aliphatic rings. The number of halogens is 1. The molecule has 1 fully saturated rings. The number of anilines is 4. The molecule has 7 heteroatoms. The molecule has 1 aromatic heterocycles. The van der Waals surface area contributed by atoms with Gasteiger partial charge in [0.15, 0.2) is 0 Å². The average Bonchev–Trinajstić information content (AvgIpc) is 3.01. The van der Waals surface area contributed by atoms with Gasteiger partial charge in [-0.3, -0.25) is 0 Å². The fraction of sp³-hybridized carbons (Fsp3) is 0.357. The first-order chi connectivity index (χ1) is 10.2. The molecule has 1 aromatic carbocycles. The van der Waals surface area contributed by atoms with Gasteiger partial charge in [-0.1, -0.05) is 6.07 Å². The molecule has 1 saturated heterocycles. The molecule has 6 nitrogen and oxygen atoms in total. The molecule has 3 rings (SSSR count). The van der Waals surface area contributed by atoms with Crippen molar-refractivity contribution in [2.24, 2.45) is 0 Å². The van der Waals surface area contributed by atoms with Crippen LogP contribution < -0.4 is 15.5 Å². The van der Waals surface area contributed by atoms with Crippen LogP contribution in [0.5, 0.6) is 0 Å². The van der Waals surface area contributed by atoms with Gasteiger partial charge in [0.05, 0.1) is 0 Å². The van der Waals surface area contributed by atoms with E-state index in [1.165, 1.54) is 12.1 Å². The van der Waals surface area contributed by atoms with Crippen molar-refractivity contribution in [1.82, 2.24) is 15.0 Å². The zero-order valence-electron chi connectivity index (χ0n) is 11.8. The van der Waals surface area contributed by atoms with Crippen LogP contribution >= 0.6 is 0 Å². The van der Waals surface area contributed by atoms with Crippen LogP contribution in [0.25, 0.3) is 0 Å². The zero-order chi connectivity index (χ0) is 14.7. The lowest BCUT2D eigenvalue weighted by atomic mass is 10.3. The minimum atomic E-state index is -0.303. The third-order valence-electron chi connectivity index (χ3n) is 3.32. The van der Waals surface area contributed by atoms with E-state index in [2.05, 4.69) is 30.5 Å². The van der Waals surface area contributed by atoms with Crippen LogP contribution in [0, 0.1) is 5.82 Å². The summed E-state index contributed by atoms with van der Waals surface area (Å²) in [6, 6.07) is 6.20. The highest BCUT2D eigenvalue weighted by atomic mass is 19.1. The highest BCUT2D eigenvalue weighted by Gasteiger charge is 2.17. The van der Waals surface area contributed by atoms with Gasteiger partial charge in [-0.25, -0.2) is 4.39 Å². The second-order valence-corrected chi connectivity index (χ2v) is 4.86. The lowest BCUT2D eigenvalue weighted by molar-refractivity contribution is 0.628. The van der Waals surface area contributed by atoms with E-state index in [0.717, 1.165) is 25.9 Å². The van der Waals surface area contributed by atoms with Crippen LogP contribution in [0.15, 0.2) is 24.3 Å². The maximum Gasteiger partial charge on any atom is 0.233 e. The molecule has 0 aliphatic carbocycles. The Kier molecular flexibility index (Phi) is 3.81. The van der Waals surface area contributed by atoms with Crippen molar-refractivity contribution in [1.29, 1.82) is 0 Å². The first-order valence-electron chi connectivity index (χ1n) is 6.96. The Morgan fingerprint density at radius 3 is 2.57 bits per heavy atom. The van der Waals surface area contributed by atoms with Crippen LogP contribution in [-0.4, -0.2) is 35.1 Å². The SMILES string of the molecule is CNc1nc(Nc2cccc(F)c2)nc(N2CCCC2)n1. The second kappa shape index (κ2) is 5.90. The second-order valence-electron chi connectivity index (χ2n) is 4.86. The molecule has 2 heterocycles. The Hall–Kier alpha value is -2.44. The summed E-state index contributed by atoms with van der Waals surface area (Å²) in [7, 11) is 1.76. The molecule has 0 spiro atoms. The van der Waals surface area contributed by atoms with Gasteiger partial charge in [0, 0.05) is 25.8 Å². The predicted octanol–water partition coefficient (Wildman–Crippen LogP) is 2.40. The molecule has 21 heavy (non-hydrogen) atoms. The lowest BCUT2D eigenvalue weighted by Crippen LogP contribution is -2.21. The first-order valence-corrected chi connectivity index (χ1v) is 6.96.